The molecule has 30 heavy (non-hydrogen) atoms. The number of amides is 4. The Labute approximate surface area is 172 Å². The normalized spacial score (nSPS) is 24.7. The van der Waals surface area contributed by atoms with Crippen molar-refractivity contribution >= 4 is 34.5 Å². The van der Waals surface area contributed by atoms with Crippen molar-refractivity contribution in [1.29, 1.82) is 5.26 Å². The molecule has 4 amide bonds. The highest BCUT2D eigenvalue weighted by atomic mass is 16.6. The number of pyridine rings is 1. The Kier molecular flexibility index (Phi) is 3.93. The lowest BCUT2D eigenvalue weighted by Crippen LogP contribution is -2.55. The van der Waals surface area contributed by atoms with Crippen LogP contribution in [0.25, 0.3) is 10.8 Å². The zero-order valence-electron chi connectivity index (χ0n) is 16.5. The van der Waals surface area contributed by atoms with Crippen molar-refractivity contribution in [3.63, 3.8) is 0 Å². The van der Waals surface area contributed by atoms with Crippen molar-refractivity contribution in [3.8, 4) is 6.07 Å². The first-order chi connectivity index (χ1) is 14.4. The average Bonchev–Trinajstić information content (AvgIpc) is 3.38. The number of ether oxygens (including phenoxy) is 1. The fraction of sp³-hybridized carbons (Fsp3) is 0.381. The Balaban J connectivity index is 1.53. The molecule has 1 aromatic heterocycles. The van der Waals surface area contributed by atoms with Crippen LogP contribution in [0.5, 0.6) is 0 Å². The number of piperazine rings is 1. The van der Waals surface area contributed by atoms with Crippen LogP contribution in [0, 0.1) is 11.3 Å². The standard InChI is InChI=1S/C21H19N5O4/c1-11(2)30-21(29)24-10-12-7-16(24)18-19(27)26(20(28)25(12)18)17-9-23-15(8-22)13-5-3-4-6-14(13)17/h3-6,9,11-12,16,18H,7,10H2,1-2H3/t12?,16?,18-/m1/s1. The van der Waals surface area contributed by atoms with Crippen molar-refractivity contribution in [1.82, 2.24) is 14.8 Å². The number of imide groups is 1. The van der Waals surface area contributed by atoms with Crippen molar-refractivity contribution in [2.45, 2.75) is 44.5 Å². The predicted molar refractivity (Wildman–Crippen MR) is 105 cm³/mol. The molecule has 0 N–H and O–H groups in total. The highest BCUT2D eigenvalue weighted by molar-refractivity contribution is 6.25. The second kappa shape index (κ2) is 6.42. The number of benzene rings is 1. The minimum absolute atomic E-state index is 0.223. The van der Waals surface area contributed by atoms with Crippen LogP contribution in [0.4, 0.5) is 15.3 Å². The van der Waals surface area contributed by atoms with E-state index in [1.807, 2.05) is 6.07 Å². The molecular formula is C21H19N5O4. The number of rotatable bonds is 2. The third-order valence-corrected chi connectivity index (χ3v) is 5.96. The van der Waals surface area contributed by atoms with Gasteiger partial charge in [0, 0.05) is 17.3 Å². The summed E-state index contributed by atoms with van der Waals surface area (Å²) in [6, 6.07) is 7.33. The maximum absolute atomic E-state index is 13.4. The molecule has 3 atom stereocenters. The Hall–Kier alpha value is -3.67. The summed E-state index contributed by atoms with van der Waals surface area (Å²) in [6.07, 6.45) is 1.24. The Morgan fingerprint density at radius 2 is 2.00 bits per heavy atom. The summed E-state index contributed by atoms with van der Waals surface area (Å²) < 4.78 is 5.31. The molecule has 3 fully saturated rings. The number of nitrogens with zero attached hydrogens (tertiary/aromatic N) is 5. The summed E-state index contributed by atoms with van der Waals surface area (Å²) in [6.45, 7) is 3.90. The summed E-state index contributed by atoms with van der Waals surface area (Å²) in [4.78, 5) is 47.5. The number of fused-ring (bicyclic) bond motifs is 6. The summed E-state index contributed by atoms with van der Waals surface area (Å²) in [7, 11) is 0. The minimum atomic E-state index is -0.731. The van der Waals surface area contributed by atoms with Gasteiger partial charge in [0.05, 0.1) is 30.1 Å². The van der Waals surface area contributed by atoms with E-state index < -0.39 is 24.2 Å². The van der Waals surface area contributed by atoms with Crippen molar-refractivity contribution in [2.75, 3.05) is 11.4 Å². The smallest absolute Gasteiger partial charge is 0.410 e. The zero-order chi connectivity index (χ0) is 21.2. The lowest BCUT2D eigenvalue weighted by molar-refractivity contribution is -0.121. The van der Waals surface area contributed by atoms with E-state index in [4.69, 9.17) is 4.74 Å². The molecule has 3 aliphatic heterocycles. The molecule has 0 radical (unpaired) electrons. The summed E-state index contributed by atoms with van der Waals surface area (Å²) in [5.74, 6) is -0.383. The first kappa shape index (κ1) is 18.4. The summed E-state index contributed by atoms with van der Waals surface area (Å²) in [5, 5.41) is 10.5. The number of hydrogen-bond acceptors (Lipinski definition) is 6. The Bertz CT molecular complexity index is 1140. The van der Waals surface area contributed by atoms with E-state index in [2.05, 4.69) is 4.98 Å². The fourth-order valence-electron chi connectivity index (χ4n) is 4.80. The lowest BCUT2D eigenvalue weighted by atomic mass is 10.1. The van der Waals surface area contributed by atoms with E-state index >= 15 is 0 Å². The van der Waals surface area contributed by atoms with E-state index in [1.54, 1.807) is 47.9 Å². The van der Waals surface area contributed by atoms with Gasteiger partial charge in [0.15, 0.2) is 0 Å². The lowest BCUT2D eigenvalue weighted by Gasteiger charge is -2.34. The van der Waals surface area contributed by atoms with Gasteiger partial charge in [-0.05, 0) is 20.3 Å². The Morgan fingerprint density at radius 1 is 1.27 bits per heavy atom. The van der Waals surface area contributed by atoms with Crippen LogP contribution in [0.1, 0.15) is 26.0 Å². The molecular weight excluding hydrogens is 386 g/mol. The van der Waals surface area contributed by atoms with Gasteiger partial charge in [-0.3, -0.25) is 4.79 Å². The SMILES string of the molecule is CC(C)OC(=O)N1CC2CC1[C@@H]1C(=O)N(c3cnc(C#N)c4ccccc34)C(=O)N21. The number of urea groups is 1. The van der Waals surface area contributed by atoms with Crippen LogP contribution in [-0.2, 0) is 9.53 Å². The molecule has 5 rings (SSSR count). The van der Waals surface area contributed by atoms with Gasteiger partial charge in [0.2, 0.25) is 0 Å². The molecule has 2 aromatic rings. The number of aromatic nitrogens is 1. The molecule has 3 aliphatic rings. The molecule has 0 spiro atoms. The van der Waals surface area contributed by atoms with Crippen LogP contribution in [0.3, 0.4) is 0 Å². The molecule has 1 aromatic carbocycles. The van der Waals surface area contributed by atoms with Crippen LogP contribution in [0.2, 0.25) is 0 Å². The monoisotopic (exact) mass is 405 g/mol. The highest BCUT2D eigenvalue weighted by Gasteiger charge is 2.63. The van der Waals surface area contributed by atoms with Gasteiger partial charge < -0.3 is 14.5 Å². The van der Waals surface area contributed by atoms with Gasteiger partial charge in [-0.2, -0.15) is 5.26 Å². The average molecular weight is 405 g/mol. The van der Waals surface area contributed by atoms with Crippen molar-refractivity contribution in [2.24, 2.45) is 0 Å². The van der Waals surface area contributed by atoms with E-state index in [0.29, 0.717) is 29.4 Å². The first-order valence-electron chi connectivity index (χ1n) is 9.83. The van der Waals surface area contributed by atoms with Gasteiger partial charge in [0.1, 0.15) is 17.8 Å². The van der Waals surface area contributed by atoms with Gasteiger partial charge in [-0.15, -0.1) is 0 Å². The quantitative estimate of drug-likeness (QED) is 0.710. The fourth-order valence-corrected chi connectivity index (χ4v) is 4.80. The number of anilines is 1. The second-order valence-electron chi connectivity index (χ2n) is 8.00. The molecule has 9 nitrogen and oxygen atoms in total. The molecule has 2 bridgehead atoms. The van der Waals surface area contributed by atoms with Crippen molar-refractivity contribution < 1.29 is 19.1 Å². The van der Waals surface area contributed by atoms with Crippen molar-refractivity contribution in [3.05, 3.63) is 36.2 Å². The first-order valence-corrected chi connectivity index (χ1v) is 9.83. The largest absolute Gasteiger partial charge is 0.447 e. The molecule has 2 unspecified atom stereocenters. The van der Waals surface area contributed by atoms with E-state index in [1.165, 1.54) is 6.20 Å². The van der Waals surface area contributed by atoms with Crippen LogP contribution in [-0.4, -0.2) is 63.6 Å². The van der Waals surface area contributed by atoms with Gasteiger partial charge >= 0.3 is 12.1 Å². The molecule has 0 saturated carbocycles. The number of likely N-dealkylation sites (tertiary alicyclic amines) is 1. The maximum Gasteiger partial charge on any atom is 0.410 e. The van der Waals surface area contributed by atoms with E-state index in [0.717, 1.165) is 4.90 Å². The molecule has 152 valence electrons. The topological polar surface area (TPSA) is 107 Å². The van der Waals surface area contributed by atoms with Gasteiger partial charge in [-0.1, -0.05) is 24.3 Å². The summed E-state index contributed by atoms with van der Waals surface area (Å²) >= 11 is 0. The third kappa shape index (κ3) is 2.40. The molecule has 3 saturated heterocycles. The Morgan fingerprint density at radius 3 is 2.70 bits per heavy atom. The number of hydrogen-bond donors (Lipinski definition) is 0. The van der Waals surface area contributed by atoms with Gasteiger partial charge in [-0.25, -0.2) is 19.5 Å². The number of carbonyl (C=O) groups is 3. The number of nitriles is 1. The molecule has 4 heterocycles. The summed E-state index contributed by atoms with van der Waals surface area (Å²) in [5.41, 5.74) is 0.585. The highest BCUT2D eigenvalue weighted by Crippen LogP contribution is 2.43. The van der Waals surface area contributed by atoms with Crippen LogP contribution >= 0.6 is 0 Å². The van der Waals surface area contributed by atoms with Crippen LogP contribution < -0.4 is 4.90 Å². The van der Waals surface area contributed by atoms with E-state index in [9.17, 15) is 19.6 Å². The van der Waals surface area contributed by atoms with Crippen LogP contribution in [0.15, 0.2) is 30.5 Å². The van der Waals surface area contributed by atoms with E-state index in [-0.39, 0.29) is 23.7 Å². The zero-order valence-corrected chi connectivity index (χ0v) is 16.5. The van der Waals surface area contributed by atoms with Gasteiger partial charge in [0.25, 0.3) is 5.91 Å². The maximum atomic E-state index is 13.4. The molecule has 9 heteroatoms. The molecule has 0 aliphatic carbocycles. The minimum Gasteiger partial charge on any atom is -0.447 e. The predicted octanol–water partition coefficient (Wildman–Crippen LogP) is 2.25. The third-order valence-electron chi connectivity index (χ3n) is 5.96. The number of carbonyl (C=O) groups excluding carboxylic acids is 3. The second-order valence-corrected chi connectivity index (χ2v) is 8.00.